The summed E-state index contributed by atoms with van der Waals surface area (Å²) in [5.41, 5.74) is 13.5. The first-order valence-corrected chi connectivity index (χ1v) is 3.37. The smallest absolute Gasteiger partial charge is 0.230 e. The number of nitrogens with two attached hydrogens (primary N) is 1. The highest BCUT2D eigenvalue weighted by molar-refractivity contribution is 5.37. The van der Waals surface area contributed by atoms with Gasteiger partial charge in [0, 0.05) is 19.0 Å². The lowest BCUT2D eigenvalue weighted by Crippen LogP contribution is -2.14. The van der Waals surface area contributed by atoms with Gasteiger partial charge in [-0.05, 0) is 10.6 Å². The molecule has 0 amide bonds. The lowest BCUT2D eigenvalue weighted by Gasteiger charge is -2.09. The summed E-state index contributed by atoms with van der Waals surface area (Å²) in [7, 11) is 3.49. The van der Waals surface area contributed by atoms with Crippen molar-refractivity contribution in [3.8, 4) is 0 Å². The SMILES string of the molecule is CN(C)c1nc(N)nc(N=[N+]=[N-])n1. The Labute approximate surface area is 74.1 Å². The minimum atomic E-state index is -0.0290. The van der Waals surface area contributed by atoms with E-state index < -0.39 is 0 Å². The van der Waals surface area contributed by atoms with Gasteiger partial charge in [0.25, 0.3) is 0 Å². The van der Waals surface area contributed by atoms with E-state index in [0.29, 0.717) is 5.95 Å². The lowest BCUT2D eigenvalue weighted by molar-refractivity contribution is 0.959. The second-order valence-electron chi connectivity index (χ2n) is 2.38. The van der Waals surface area contributed by atoms with Gasteiger partial charge >= 0.3 is 0 Å². The van der Waals surface area contributed by atoms with Crippen LogP contribution in [0.25, 0.3) is 10.4 Å². The molecule has 0 aromatic carbocycles. The fourth-order valence-corrected chi connectivity index (χ4v) is 0.654. The topological polar surface area (TPSA) is 117 Å². The minimum Gasteiger partial charge on any atom is -0.368 e. The average Bonchev–Trinajstić information content (AvgIpc) is 2.03. The second-order valence-corrected chi connectivity index (χ2v) is 2.38. The highest BCUT2D eigenvalue weighted by Crippen LogP contribution is 2.11. The lowest BCUT2D eigenvalue weighted by atomic mass is 10.8. The van der Waals surface area contributed by atoms with Gasteiger partial charge in [-0.25, -0.2) is 0 Å². The molecule has 0 unspecified atom stereocenters. The third-order valence-electron chi connectivity index (χ3n) is 1.16. The minimum absolute atomic E-state index is 0.0288. The molecule has 0 radical (unpaired) electrons. The van der Waals surface area contributed by atoms with E-state index in [2.05, 4.69) is 25.0 Å². The van der Waals surface area contributed by atoms with E-state index in [9.17, 15) is 0 Å². The molecule has 68 valence electrons. The zero-order valence-corrected chi connectivity index (χ0v) is 7.21. The van der Waals surface area contributed by atoms with Crippen molar-refractivity contribution < 1.29 is 0 Å². The van der Waals surface area contributed by atoms with Crippen LogP contribution in [0.2, 0.25) is 0 Å². The van der Waals surface area contributed by atoms with Crippen molar-refractivity contribution in [2.75, 3.05) is 24.7 Å². The summed E-state index contributed by atoms with van der Waals surface area (Å²) in [4.78, 5) is 15.4. The fraction of sp³-hybridized carbons (Fsp3) is 0.400. The van der Waals surface area contributed by atoms with Gasteiger partial charge in [0.1, 0.15) is 0 Å². The van der Waals surface area contributed by atoms with Crippen molar-refractivity contribution in [2.45, 2.75) is 0 Å². The molecule has 1 aromatic heterocycles. The van der Waals surface area contributed by atoms with E-state index >= 15 is 0 Å². The second kappa shape index (κ2) is 3.55. The van der Waals surface area contributed by atoms with E-state index in [4.69, 9.17) is 11.3 Å². The van der Waals surface area contributed by atoms with Crippen LogP contribution in [0.4, 0.5) is 17.8 Å². The molecule has 8 nitrogen and oxygen atoms in total. The highest BCUT2D eigenvalue weighted by atomic mass is 15.3. The Bertz CT molecular complexity index is 352. The molecule has 0 atom stereocenters. The first-order chi connectivity index (χ1) is 6.13. The van der Waals surface area contributed by atoms with Gasteiger partial charge in [0.15, 0.2) is 0 Å². The van der Waals surface area contributed by atoms with Gasteiger partial charge in [-0.15, -0.1) is 0 Å². The molecule has 0 saturated carbocycles. The number of azide groups is 1. The average molecular weight is 180 g/mol. The monoisotopic (exact) mass is 180 g/mol. The molecule has 1 aromatic rings. The van der Waals surface area contributed by atoms with Crippen LogP contribution < -0.4 is 10.6 Å². The number of hydrogen-bond acceptors (Lipinski definition) is 6. The normalized spacial score (nSPS) is 9.08. The third-order valence-corrected chi connectivity index (χ3v) is 1.16. The van der Waals surface area contributed by atoms with Crippen LogP contribution in [0.5, 0.6) is 0 Å². The molecule has 0 spiro atoms. The molecule has 2 N–H and O–H groups in total. The van der Waals surface area contributed by atoms with E-state index in [0.717, 1.165) is 0 Å². The van der Waals surface area contributed by atoms with Crippen molar-refractivity contribution in [2.24, 2.45) is 5.11 Å². The quantitative estimate of drug-likeness (QED) is 0.403. The Kier molecular flexibility index (Phi) is 2.46. The van der Waals surface area contributed by atoms with Crippen molar-refractivity contribution in [1.29, 1.82) is 0 Å². The Balaban J connectivity index is 3.18. The Hall–Kier alpha value is -2.08. The first kappa shape index (κ1) is 9.01. The number of nitrogens with zero attached hydrogens (tertiary/aromatic N) is 7. The maximum atomic E-state index is 8.14. The molecule has 8 heteroatoms. The summed E-state index contributed by atoms with van der Waals surface area (Å²) in [6.45, 7) is 0. The van der Waals surface area contributed by atoms with Crippen molar-refractivity contribution in [3.05, 3.63) is 10.4 Å². The molecule has 1 rings (SSSR count). The van der Waals surface area contributed by atoms with Crippen LogP contribution in [-0.4, -0.2) is 29.0 Å². The summed E-state index contributed by atoms with van der Waals surface area (Å²) in [6.07, 6.45) is 0. The van der Waals surface area contributed by atoms with E-state index in [1.807, 2.05) is 0 Å². The van der Waals surface area contributed by atoms with Crippen LogP contribution in [0.3, 0.4) is 0 Å². The molecule has 0 aliphatic heterocycles. The Morgan fingerprint density at radius 3 is 2.62 bits per heavy atom. The molecular formula is C5H8N8. The largest absolute Gasteiger partial charge is 0.368 e. The van der Waals surface area contributed by atoms with Gasteiger partial charge in [0.2, 0.25) is 17.8 Å². The number of rotatable bonds is 2. The Morgan fingerprint density at radius 1 is 1.38 bits per heavy atom. The molecule has 13 heavy (non-hydrogen) atoms. The Morgan fingerprint density at radius 2 is 2.08 bits per heavy atom. The number of aromatic nitrogens is 3. The number of nitrogen functional groups attached to an aromatic ring is 1. The van der Waals surface area contributed by atoms with Crippen molar-refractivity contribution >= 4 is 17.8 Å². The standard InChI is InChI=1S/C5H8N8/c1-13(2)5-9-3(6)8-4(10-5)11-12-7/h1-2H3,(H2,6,8,9,10). The summed E-state index contributed by atoms with van der Waals surface area (Å²) < 4.78 is 0. The molecular weight excluding hydrogens is 172 g/mol. The van der Waals surface area contributed by atoms with Gasteiger partial charge < -0.3 is 10.6 Å². The number of hydrogen-bond donors (Lipinski definition) is 1. The van der Waals surface area contributed by atoms with Crippen LogP contribution >= 0.6 is 0 Å². The van der Waals surface area contributed by atoms with Crippen LogP contribution in [0, 0.1) is 0 Å². The molecule has 0 aliphatic carbocycles. The zero-order valence-electron chi connectivity index (χ0n) is 7.21. The summed E-state index contributed by atoms with van der Waals surface area (Å²) in [6, 6.07) is 0. The predicted molar refractivity (Wildman–Crippen MR) is 47.4 cm³/mol. The van der Waals surface area contributed by atoms with Crippen LogP contribution in [0.1, 0.15) is 0 Å². The summed E-state index contributed by atoms with van der Waals surface area (Å²) in [5.74, 6) is 0.356. The predicted octanol–water partition coefficient (Wildman–Crippen LogP) is 0.462. The van der Waals surface area contributed by atoms with Crippen LogP contribution in [0.15, 0.2) is 5.11 Å². The summed E-state index contributed by atoms with van der Waals surface area (Å²) in [5, 5.41) is 3.22. The molecule has 0 fully saturated rings. The van der Waals surface area contributed by atoms with Crippen LogP contribution in [-0.2, 0) is 0 Å². The maximum absolute atomic E-state index is 8.14. The maximum Gasteiger partial charge on any atom is 0.230 e. The van der Waals surface area contributed by atoms with E-state index in [-0.39, 0.29) is 11.9 Å². The van der Waals surface area contributed by atoms with Gasteiger partial charge in [-0.3, -0.25) is 0 Å². The first-order valence-electron chi connectivity index (χ1n) is 3.37. The number of anilines is 2. The van der Waals surface area contributed by atoms with E-state index in [1.54, 1.807) is 19.0 Å². The molecule has 0 bridgehead atoms. The van der Waals surface area contributed by atoms with Gasteiger partial charge in [-0.1, -0.05) is 0 Å². The molecule has 0 saturated heterocycles. The van der Waals surface area contributed by atoms with Gasteiger partial charge in [0.05, 0.1) is 0 Å². The zero-order chi connectivity index (χ0) is 9.84. The van der Waals surface area contributed by atoms with Crippen molar-refractivity contribution in [3.63, 3.8) is 0 Å². The van der Waals surface area contributed by atoms with Crippen molar-refractivity contribution in [1.82, 2.24) is 15.0 Å². The fourth-order valence-electron chi connectivity index (χ4n) is 0.654. The molecule has 0 aliphatic rings. The molecule has 1 heterocycles. The highest BCUT2D eigenvalue weighted by Gasteiger charge is 2.03. The summed E-state index contributed by atoms with van der Waals surface area (Å²) >= 11 is 0. The van der Waals surface area contributed by atoms with E-state index in [1.165, 1.54) is 0 Å². The van der Waals surface area contributed by atoms with Gasteiger partial charge in [-0.2, -0.15) is 15.0 Å². The third kappa shape index (κ3) is 2.17.